The van der Waals surface area contributed by atoms with Gasteiger partial charge in [-0.05, 0) is 60.7 Å². The summed E-state index contributed by atoms with van der Waals surface area (Å²) in [6.07, 6.45) is 3.30. The van der Waals surface area contributed by atoms with Gasteiger partial charge in [0.15, 0.2) is 0 Å². The third-order valence-corrected chi connectivity index (χ3v) is 6.17. The molecule has 6 aromatic rings. The van der Waals surface area contributed by atoms with Crippen molar-refractivity contribution in [1.29, 1.82) is 0 Å². The van der Waals surface area contributed by atoms with Crippen LogP contribution in [0.2, 0.25) is 0 Å². The summed E-state index contributed by atoms with van der Waals surface area (Å²) in [5, 5.41) is 8.45. The second-order valence-electron chi connectivity index (χ2n) is 8.61. The van der Waals surface area contributed by atoms with Gasteiger partial charge in [0.2, 0.25) is 0 Å². The molecule has 0 aliphatic carbocycles. The molecule has 6 rings (SSSR count). The number of nitrogens with zero attached hydrogens (tertiary/aromatic N) is 2. The zero-order chi connectivity index (χ0) is 25.2. The summed E-state index contributed by atoms with van der Waals surface area (Å²) in [5.41, 5.74) is 12.7. The second kappa shape index (κ2) is 9.56. The molecule has 0 aliphatic heterocycles. The van der Waals surface area contributed by atoms with Gasteiger partial charge in [-0.1, -0.05) is 30.3 Å². The van der Waals surface area contributed by atoms with Crippen molar-refractivity contribution in [3.05, 3.63) is 115 Å². The Bertz CT molecular complexity index is 1720. The van der Waals surface area contributed by atoms with Gasteiger partial charge in [0, 0.05) is 52.3 Å². The van der Waals surface area contributed by atoms with Crippen LogP contribution in [0.4, 0.5) is 17.1 Å². The van der Waals surface area contributed by atoms with E-state index in [1.807, 2.05) is 66.7 Å². The highest BCUT2D eigenvalue weighted by atomic mass is 16.3. The van der Waals surface area contributed by atoms with E-state index in [4.69, 9.17) is 10.2 Å². The minimum absolute atomic E-state index is 0.227. The van der Waals surface area contributed by atoms with Crippen LogP contribution in [-0.4, -0.2) is 15.9 Å². The summed E-state index contributed by atoms with van der Waals surface area (Å²) in [4.78, 5) is 21.3. The number of carbonyl (C=O) groups excluding carboxylic acids is 1. The fourth-order valence-corrected chi connectivity index (χ4v) is 4.29. The molecule has 0 saturated heterocycles. The Morgan fingerprint density at radius 1 is 0.811 bits per heavy atom. The number of nitrogens with two attached hydrogens (primary N) is 1. The van der Waals surface area contributed by atoms with Gasteiger partial charge >= 0.3 is 0 Å². The molecule has 0 aliphatic rings. The van der Waals surface area contributed by atoms with Gasteiger partial charge in [-0.15, -0.1) is 0 Å². The minimum atomic E-state index is -0.227. The average molecular weight is 486 g/mol. The van der Waals surface area contributed by atoms with E-state index >= 15 is 0 Å². The summed E-state index contributed by atoms with van der Waals surface area (Å²) in [7, 11) is 0. The van der Waals surface area contributed by atoms with Crippen molar-refractivity contribution in [2.75, 3.05) is 10.6 Å². The lowest BCUT2D eigenvalue weighted by Crippen LogP contribution is -2.12. The first-order valence-corrected chi connectivity index (χ1v) is 11.9. The fourth-order valence-electron chi connectivity index (χ4n) is 4.29. The number of hydrogen-bond acceptors (Lipinski definition) is 6. The van der Waals surface area contributed by atoms with Crippen molar-refractivity contribution in [2.45, 2.75) is 6.54 Å². The largest absolute Gasteiger partial charge is 0.455 e. The number of amides is 1. The van der Waals surface area contributed by atoms with Crippen molar-refractivity contribution < 1.29 is 9.21 Å². The number of benzene rings is 3. The highest BCUT2D eigenvalue weighted by Gasteiger charge is 2.13. The molecular formula is C30H23N5O2. The van der Waals surface area contributed by atoms with Crippen LogP contribution in [0.15, 0.2) is 108 Å². The monoisotopic (exact) mass is 485 g/mol. The topological polar surface area (TPSA) is 106 Å². The van der Waals surface area contributed by atoms with Crippen molar-refractivity contribution in [2.24, 2.45) is 5.73 Å². The van der Waals surface area contributed by atoms with Crippen LogP contribution in [0.1, 0.15) is 16.1 Å². The predicted octanol–water partition coefficient (Wildman–Crippen LogP) is 6.50. The number of carbonyl (C=O) groups is 1. The smallest absolute Gasteiger partial charge is 0.257 e. The molecule has 0 saturated carbocycles. The quantitative estimate of drug-likeness (QED) is 0.249. The molecule has 7 nitrogen and oxygen atoms in total. The van der Waals surface area contributed by atoms with E-state index in [1.165, 1.54) is 6.20 Å². The molecule has 1 amide bonds. The standard InChI is InChI=1S/C30H23N5O2/c31-17-23-9-8-19(18-33-23)30(36)35-21-12-10-20(11-13-21)34-22-14-15-32-27(16-22)26-6-3-5-25-24-4-1-2-7-28(24)37-29(25)26/h1-16,18H,17,31H2,(H,32,34)(H,35,36). The molecule has 0 radical (unpaired) electrons. The highest BCUT2D eigenvalue weighted by Crippen LogP contribution is 2.35. The van der Waals surface area contributed by atoms with E-state index in [9.17, 15) is 4.79 Å². The molecule has 3 aromatic carbocycles. The summed E-state index contributed by atoms with van der Waals surface area (Å²) in [5.74, 6) is -0.227. The van der Waals surface area contributed by atoms with E-state index in [0.717, 1.165) is 50.3 Å². The first kappa shape index (κ1) is 22.5. The summed E-state index contributed by atoms with van der Waals surface area (Å²) < 4.78 is 6.18. The number of rotatable bonds is 6. The first-order chi connectivity index (χ1) is 18.2. The maximum absolute atomic E-state index is 12.5. The maximum atomic E-state index is 12.5. The molecule has 3 aromatic heterocycles. The Morgan fingerprint density at radius 3 is 2.43 bits per heavy atom. The van der Waals surface area contributed by atoms with E-state index in [-0.39, 0.29) is 5.91 Å². The number of furan rings is 1. The number of anilines is 3. The van der Waals surface area contributed by atoms with Crippen LogP contribution >= 0.6 is 0 Å². The summed E-state index contributed by atoms with van der Waals surface area (Å²) in [6.45, 7) is 0.338. The van der Waals surface area contributed by atoms with Gasteiger partial charge in [-0.2, -0.15) is 0 Å². The lowest BCUT2D eigenvalue weighted by atomic mass is 10.1. The molecular weight excluding hydrogens is 462 g/mol. The Morgan fingerprint density at radius 2 is 1.62 bits per heavy atom. The predicted molar refractivity (Wildman–Crippen MR) is 147 cm³/mol. The highest BCUT2D eigenvalue weighted by molar-refractivity contribution is 6.09. The third-order valence-electron chi connectivity index (χ3n) is 6.17. The average Bonchev–Trinajstić information content (AvgIpc) is 3.33. The minimum Gasteiger partial charge on any atom is -0.455 e. The van der Waals surface area contributed by atoms with Crippen LogP contribution in [0, 0.1) is 0 Å². The molecule has 4 N–H and O–H groups in total. The Labute approximate surface area is 213 Å². The van der Waals surface area contributed by atoms with Crippen LogP contribution in [-0.2, 0) is 6.54 Å². The van der Waals surface area contributed by atoms with Gasteiger partial charge in [-0.25, -0.2) is 0 Å². The molecule has 0 atom stereocenters. The van der Waals surface area contributed by atoms with Gasteiger partial charge in [-0.3, -0.25) is 14.8 Å². The van der Waals surface area contributed by atoms with Crippen molar-refractivity contribution >= 4 is 44.9 Å². The zero-order valence-electron chi connectivity index (χ0n) is 19.8. The Kier molecular flexibility index (Phi) is 5.80. The van der Waals surface area contributed by atoms with Gasteiger partial charge < -0.3 is 20.8 Å². The SMILES string of the molecule is NCc1ccc(C(=O)Nc2ccc(Nc3ccnc(-c4cccc5c4oc4ccccc45)c3)cc2)cn1. The normalized spacial score (nSPS) is 11.1. The second-order valence-corrected chi connectivity index (χ2v) is 8.61. The van der Waals surface area contributed by atoms with Crippen molar-refractivity contribution in [1.82, 2.24) is 9.97 Å². The Balaban J connectivity index is 1.20. The number of pyridine rings is 2. The number of nitrogens with one attached hydrogen (secondary N) is 2. The van der Waals surface area contributed by atoms with Gasteiger partial charge in [0.05, 0.1) is 17.0 Å². The summed E-state index contributed by atoms with van der Waals surface area (Å²) >= 11 is 0. The zero-order valence-corrected chi connectivity index (χ0v) is 19.8. The molecule has 3 heterocycles. The lowest BCUT2D eigenvalue weighted by molar-refractivity contribution is 0.102. The van der Waals surface area contributed by atoms with E-state index in [2.05, 4.69) is 32.7 Å². The molecule has 0 fully saturated rings. The number of aromatic nitrogens is 2. The number of fused-ring (bicyclic) bond motifs is 3. The van der Waals surface area contributed by atoms with E-state index in [1.54, 1.807) is 18.3 Å². The van der Waals surface area contributed by atoms with Gasteiger partial charge in [0.1, 0.15) is 11.2 Å². The Hall–Kier alpha value is -5.01. The van der Waals surface area contributed by atoms with E-state index < -0.39 is 0 Å². The van der Waals surface area contributed by atoms with Crippen molar-refractivity contribution in [3.63, 3.8) is 0 Å². The van der Waals surface area contributed by atoms with Crippen LogP contribution < -0.4 is 16.4 Å². The molecule has 0 spiro atoms. The fraction of sp³-hybridized carbons (Fsp3) is 0.0333. The molecule has 180 valence electrons. The lowest BCUT2D eigenvalue weighted by Gasteiger charge is -2.10. The van der Waals surface area contributed by atoms with Crippen molar-refractivity contribution in [3.8, 4) is 11.3 Å². The molecule has 37 heavy (non-hydrogen) atoms. The number of hydrogen-bond donors (Lipinski definition) is 3. The van der Waals surface area contributed by atoms with Crippen LogP contribution in [0.3, 0.4) is 0 Å². The summed E-state index contributed by atoms with van der Waals surface area (Å²) in [6, 6.07) is 29.0. The van der Waals surface area contributed by atoms with Crippen LogP contribution in [0.25, 0.3) is 33.2 Å². The third kappa shape index (κ3) is 4.51. The number of para-hydroxylation sites is 2. The first-order valence-electron chi connectivity index (χ1n) is 11.9. The maximum Gasteiger partial charge on any atom is 0.257 e. The van der Waals surface area contributed by atoms with Gasteiger partial charge in [0.25, 0.3) is 5.91 Å². The molecule has 0 unspecified atom stereocenters. The molecule has 7 heteroatoms. The molecule has 0 bridgehead atoms. The van der Waals surface area contributed by atoms with E-state index in [0.29, 0.717) is 17.8 Å². The van der Waals surface area contributed by atoms with Crippen LogP contribution in [0.5, 0.6) is 0 Å².